The summed E-state index contributed by atoms with van der Waals surface area (Å²) in [4.78, 5) is 36.0. The van der Waals surface area contributed by atoms with Crippen LogP contribution in [0.25, 0.3) is 0 Å². The minimum Gasteiger partial charge on any atom is -0.356 e. The van der Waals surface area contributed by atoms with Gasteiger partial charge in [-0.3, -0.25) is 14.4 Å². The molecule has 0 aromatic heterocycles. The van der Waals surface area contributed by atoms with Gasteiger partial charge < -0.3 is 10.6 Å². The van der Waals surface area contributed by atoms with Gasteiger partial charge in [0.1, 0.15) is 6.42 Å². The molecule has 0 unspecified atom stereocenters. The minimum atomic E-state index is -0.430. The normalized spacial score (nSPS) is 15.7. The molecule has 0 aromatic carbocycles. The highest BCUT2D eigenvalue weighted by Gasteiger charge is 2.17. The van der Waals surface area contributed by atoms with Crippen LogP contribution in [0, 0.1) is 0 Å². The van der Waals surface area contributed by atoms with Crippen LogP contribution in [0.15, 0.2) is 4.99 Å². The third kappa shape index (κ3) is 4.59. The van der Waals surface area contributed by atoms with Crippen molar-refractivity contribution in [1.29, 1.82) is 0 Å². The Hall–Kier alpha value is -1.37. The number of hydrogen-bond acceptors (Lipinski definition) is 4. The highest BCUT2D eigenvalue weighted by molar-refractivity contribution is 8.13. The molecule has 2 N–H and O–H groups in total. The van der Waals surface area contributed by atoms with Gasteiger partial charge in [0, 0.05) is 19.2 Å². The van der Waals surface area contributed by atoms with Crippen molar-refractivity contribution in [2.45, 2.75) is 13.3 Å². The molecule has 0 atom stereocenters. The Bertz CT molecular complexity index is 327. The van der Waals surface area contributed by atoms with Gasteiger partial charge in [-0.15, -0.1) is 0 Å². The maximum atomic E-state index is 10.9. The van der Waals surface area contributed by atoms with Gasteiger partial charge in [-0.2, -0.15) is 4.99 Å². The number of hydrogen-bond donors (Lipinski definition) is 2. The lowest BCUT2D eigenvalue weighted by atomic mass is 10.4. The fraction of sp³-hybridized carbons (Fsp3) is 0.500. The molecule has 0 aromatic rings. The summed E-state index contributed by atoms with van der Waals surface area (Å²) >= 11 is 1.23. The predicted molar refractivity (Wildman–Crippen MR) is 56.3 cm³/mol. The molecule has 1 aliphatic heterocycles. The van der Waals surface area contributed by atoms with Crippen molar-refractivity contribution in [3.63, 3.8) is 0 Å². The van der Waals surface area contributed by atoms with Gasteiger partial charge >= 0.3 is 0 Å². The van der Waals surface area contributed by atoms with Crippen LogP contribution in [-0.4, -0.2) is 35.2 Å². The molecule has 0 saturated heterocycles. The number of amidine groups is 1. The Balaban J connectivity index is 2.29. The molecule has 1 aliphatic rings. The molecule has 82 valence electrons. The number of nitrogens with one attached hydrogen (secondary N) is 2. The van der Waals surface area contributed by atoms with Gasteiger partial charge in [-0.1, -0.05) is 11.8 Å². The summed E-state index contributed by atoms with van der Waals surface area (Å²) < 4.78 is 0. The van der Waals surface area contributed by atoms with Crippen LogP contribution < -0.4 is 10.6 Å². The van der Waals surface area contributed by atoms with Gasteiger partial charge in [-0.05, 0) is 0 Å². The molecule has 0 aliphatic carbocycles. The third-order valence-corrected chi connectivity index (χ3v) is 2.37. The molecule has 1 heterocycles. The average molecular weight is 229 g/mol. The third-order valence-electron chi connectivity index (χ3n) is 1.50. The van der Waals surface area contributed by atoms with Crippen molar-refractivity contribution in [1.82, 2.24) is 10.6 Å². The average Bonchev–Trinajstić information content (AvgIpc) is 2.10. The van der Waals surface area contributed by atoms with E-state index in [9.17, 15) is 14.4 Å². The van der Waals surface area contributed by atoms with E-state index in [0.29, 0.717) is 17.5 Å². The van der Waals surface area contributed by atoms with Crippen LogP contribution in [0.4, 0.5) is 0 Å². The summed E-state index contributed by atoms with van der Waals surface area (Å²) in [5, 5.41) is 5.38. The molecule has 0 spiro atoms. The van der Waals surface area contributed by atoms with E-state index in [4.69, 9.17) is 0 Å². The first-order chi connectivity index (χ1) is 7.08. The molecule has 0 radical (unpaired) electrons. The molecule has 0 saturated carbocycles. The van der Waals surface area contributed by atoms with Crippen molar-refractivity contribution < 1.29 is 14.4 Å². The van der Waals surface area contributed by atoms with Crippen molar-refractivity contribution in [3.8, 4) is 0 Å². The van der Waals surface area contributed by atoms with Crippen molar-refractivity contribution in [2.24, 2.45) is 4.99 Å². The van der Waals surface area contributed by atoms with E-state index in [1.807, 2.05) is 0 Å². The Morgan fingerprint density at radius 2 is 2.33 bits per heavy atom. The standard InChI is InChI=1S/C8H11N3O3S/c1-5(12)9-2-3-15-8-10-6(13)4-7(14)11-8/h2-4H2,1H3,(H,9,12)(H,10,11,13,14). The fourth-order valence-corrected chi connectivity index (χ4v) is 1.67. The number of amides is 3. The lowest BCUT2D eigenvalue weighted by molar-refractivity contribution is -0.127. The minimum absolute atomic E-state index is 0.110. The van der Waals surface area contributed by atoms with Crippen molar-refractivity contribution in [2.75, 3.05) is 12.3 Å². The summed E-state index contributed by atoms with van der Waals surface area (Å²) in [5.74, 6) is -0.314. The van der Waals surface area contributed by atoms with Crippen LogP contribution in [-0.2, 0) is 14.4 Å². The van der Waals surface area contributed by atoms with Gasteiger partial charge in [0.25, 0.3) is 5.91 Å². The van der Waals surface area contributed by atoms with E-state index >= 15 is 0 Å². The number of nitrogens with zero attached hydrogens (tertiary/aromatic N) is 1. The highest BCUT2D eigenvalue weighted by Crippen LogP contribution is 2.06. The largest absolute Gasteiger partial charge is 0.356 e. The van der Waals surface area contributed by atoms with E-state index in [0.717, 1.165) is 0 Å². The molecule has 0 fully saturated rings. The summed E-state index contributed by atoms with van der Waals surface area (Å²) in [6, 6.07) is 0. The summed E-state index contributed by atoms with van der Waals surface area (Å²) in [6.45, 7) is 1.90. The topological polar surface area (TPSA) is 87.6 Å². The maximum Gasteiger partial charge on any atom is 0.257 e. The Kier molecular flexibility index (Phi) is 4.29. The first kappa shape index (κ1) is 11.7. The van der Waals surface area contributed by atoms with Crippen LogP contribution in [0.1, 0.15) is 13.3 Å². The van der Waals surface area contributed by atoms with E-state index in [1.165, 1.54) is 18.7 Å². The van der Waals surface area contributed by atoms with E-state index < -0.39 is 5.91 Å². The quantitative estimate of drug-likeness (QED) is 0.493. The zero-order valence-corrected chi connectivity index (χ0v) is 9.02. The summed E-state index contributed by atoms with van der Waals surface area (Å²) in [7, 11) is 0. The molecule has 1 rings (SSSR count). The van der Waals surface area contributed by atoms with Gasteiger partial charge in [0.2, 0.25) is 11.8 Å². The molecule has 3 amide bonds. The van der Waals surface area contributed by atoms with Gasteiger partial charge in [0.05, 0.1) is 0 Å². The lowest BCUT2D eigenvalue weighted by Gasteiger charge is -2.11. The number of carbonyl (C=O) groups is 3. The first-order valence-corrected chi connectivity index (χ1v) is 5.35. The molecular formula is C8H11N3O3S. The lowest BCUT2D eigenvalue weighted by Crippen LogP contribution is -2.35. The van der Waals surface area contributed by atoms with Gasteiger partial charge in [0.15, 0.2) is 5.17 Å². The van der Waals surface area contributed by atoms with Crippen LogP contribution in [0.5, 0.6) is 0 Å². The van der Waals surface area contributed by atoms with Crippen LogP contribution >= 0.6 is 11.8 Å². The molecule has 6 nitrogen and oxygen atoms in total. The van der Waals surface area contributed by atoms with E-state index in [1.54, 1.807) is 0 Å². The van der Waals surface area contributed by atoms with Gasteiger partial charge in [-0.25, -0.2) is 0 Å². The molecule has 0 bridgehead atoms. The highest BCUT2D eigenvalue weighted by atomic mass is 32.2. The van der Waals surface area contributed by atoms with E-state index in [2.05, 4.69) is 15.6 Å². The summed E-state index contributed by atoms with van der Waals surface area (Å²) in [5.41, 5.74) is 0. The van der Waals surface area contributed by atoms with Crippen molar-refractivity contribution >= 4 is 34.7 Å². The number of rotatable bonds is 3. The molecule has 7 heteroatoms. The van der Waals surface area contributed by atoms with Crippen LogP contribution in [0.2, 0.25) is 0 Å². The first-order valence-electron chi connectivity index (χ1n) is 4.36. The Labute approximate surface area is 90.9 Å². The number of thioether (sulfide) groups is 1. The van der Waals surface area contributed by atoms with Crippen LogP contribution in [0.3, 0.4) is 0 Å². The number of aliphatic imine (C=N–C) groups is 1. The Morgan fingerprint density at radius 3 is 2.93 bits per heavy atom. The predicted octanol–water partition coefficient (Wildman–Crippen LogP) is -0.742. The Morgan fingerprint density at radius 1 is 1.60 bits per heavy atom. The fourth-order valence-electron chi connectivity index (χ4n) is 0.925. The monoisotopic (exact) mass is 229 g/mol. The maximum absolute atomic E-state index is 10.9. The molecule has 15 heavy (non-hydrogen) atoms. The van der Waals surface area contributed by atoms with E-state index in [-0.39, 0.29) is 18.2 Å². The van der Waals surface area contributed by atoms with Crippen molar-refractivity contribution in [3.05, 3.63) is 0 Å². The smallest absolute Gasteiger partial charge is 0.257 e. The second kappa shape index (κ2) is 5.50. The SMILES string of the molecule is CC(=O)NCCSC1=NC(=O)CC(=O)N1. The molecular weight excluding hydrogens is 218 g/mol. The number of carbonyl (C=O) groups excluding carboxylic acids is 3. The zero-order valence-electron chi connectivity index (χ0n) is 8.20. The second-order valence-corrected chi connectivity index (χ2v) is 3.95. The zero-order chi connectivity index (χ0) is 11.3. The summed E-state index contributed by atoms with van der Waals surface area (Å²) in [6.07, 6.45) is -0.185. The second-order valence-electron chi connectivity index (χ2n) is 2.87.